The first-order valence-corrected chi connectivity index (χ1v) is 8.96. The smallest absolute Gasteiger partial charge is 0.253 e. The van der Waals surface area contributed by atoms with Crippen molar-refractivity contribution in [2.24, 2.45) is 5.73 Å². The Hall–Kier alpha value is -2.18. The first-order valence-electron chi connectivity index (χ1n) is 8.08. The monoisotopic (exact) mass is 343 g/mol. The molecule has 1 saturated heterocycles. The lowest BCUT2D eigenvalue weighted by Crippen LogP contribution is -2.47. The highest BCUT2D eigenvalue weighted by atomic mass is 32.1. The number of nitrogens with one attached hydrogen (secondary N) is 1. The molecule has 24 heavy (non-hydrogen) atoms. The number of hydrogen-bond acceptors (Lipinski definition) is 4. The molecule has 0 unspecified atom stereocenters. The van der Waals surface area contributed by atoms with Gasteiger partial charge in [-0.15, -0.1) is 11.3 Å². The molecule has 1 aliphatic heterocycles. The number of nitrogens with two attached hydrogens (primary N) is 1. The minimum atomic E-state index is -0.394. The largest absolute Gasteiger partial charge is 0.366 e. The Balaban J connectivity index is 1.55. The third kappa shape index (κ3) is 4.01. The van der Waals surface area contributed by atoms with Crippen LogP contribution in [0.3, 0.4) is 0 Å². The number of likely N-dealkylation sites (tertiary alicyclic amines) is 1. The maximum atomic E-state index is 12.5. The van der Waals surface area contributed by atoms with Gasteiger partial charge < -0.3 is 16.0 Å². The van der Waals surface area contributed by atoms with Gasteiger partial charge in [-0.25, -0.2) is 0 Å². The Morgan fingerprint density at radius 1 is 1.25 bits per heavy atom. The number of piperidine rings is 1. The molecule has 6 heteroatoms. The predicted octanol–water partition coefficient (Wildman–Crippen LogP) is 2.24. The van der Waals surface area contributed by atoms with Gasteiger partial charge in [0.1, 0.15) is 0 Å². The standard InChI is InChI=1S/C18H21N3O2S/c19-17(22)14-9-16(24-12-14)10-20-15-7-4-8-21(11-15)18(23)13-5-2-1-3-6-13/h1-3,5-6,9,12,15,20H,4,7-8,10-11H2,(H2,19,22)/t15-/m1/s1. The third-order valence-electron chi connectivity index (χ3n) is 4.23. The minimum Gasteiger partial charge on any atom is -0.366 e. The molecule has 2 amide bonds. The summed E-state index contributed by atoms with van der Waals surface area (Å²) in [5.74, 6) is -0.302. The molecule has 1 fully saturated rings. The van der Waals surface area contributed by atoms with Gasteiger partial charge in [-0.05, 0) is 31.0 Å². The highest BCUT2D eigenvalue weighted by Crippen LogP contribution is 2.17. The first kappa shape index (κ1) is 16.7. The Labute approximate surface area is 145 Å². The molecule has 126 valence electrons. The van der Waals surface area contributed by atoms with Crippen LogP contribution in [0.1, 0.15) is 38.4 Å². The lowest BCUT2D eigenvalue weighted by molar-refractivity contribution is 0.0694. The summed E-state index contributed by atoms with van der Waals surface area (Å²) >= 11 is 1.53. The molecule has 1 aliphatic rings. The summed E-state index contributed by atoms with van der Waals surface area (Å²) in [7, 11) is 0. The fourth-order valence-corrected chi connectivity index (χ4v) is 3.76. The Morgan fingerprint density at radius 3 is 2.75 bits per heavy atom. The van der Waals surface area contributed by atoms with E-state index in [2.05, 4.69) is 5.32 Å². The Morgan fingerprint density at radius 2 is 2.04 bits per heavy atom. The molecule has 0 aliphatic carbocycles. The van der Waals surface area contributed by atoms with Crippen LogP contribution in [0.5, 0.6) is 0 Å². The summed E-state index contributed by atoms with van der Waals surface area (Å²) in [5, 5.41) is 5.27. The van der Waals surface area contributed by atoms with Crippen molar-refractivity contribution in [1.82, 2.24) is 10.2 Å². The van der Waals surface area contributed by atoms with Crippen LogP contribution in [-0.2, 0) is 6.54 Å². The van der Waals surface area contributed by atoms with Gasteiger partial charge >= 0.3 is 0 Å². The van der Waals surface area contributed by atoms with Crippen LogP contribution in [0, 0.1) is 0 Å². The second-order valence-electron chi connectivity index (χ2n) is 6.00. The SMILES string of the molecule is NC(=O)c1csc(CN[C@@H]2CCCN(C(=O)c3ccccc3)C2)c1. The van der Waals surface area contributed by atoms with Crippen LogP contribution >= 0.6 is 11.3 Å². The number of benzene rings is 1. The van der Waals surface area contributed by atoms with Crippen LogP contribution in [0.4, 0.5) is 0 Å². The number of hydrogen-bond donors (Lipinski definition) is 2. The van der Waals surface area contributed by atoms with Crippen LogP contribution in [0.15, 0.2) is 41.8 Å². The molecule has 0 bridgehead atoms. The summed E-state index contributed by atoms with van der Waals surface area (Å²) in [5.41, 5.74) is 6.57. The summed E-state index contributed by atoms with van der Waals surface area (Å²) < 4.78 is 0. The zero-order valence-corrected chi connectivity index (χ0v) is 14.2. The minimum absolute atomic E-state index is 0.0919. The van der Waals surface area contributed by atoms with Crippen molar-refractivity contribution in [3.8, 4) is 0 Å². The Kier molecular flexibility index (Phi) is 5.27. The second kappa shape index (κ2) is 7.59. The number of carbonyl (C=O) groups excluding carboxylic acids is 2. The van der Waals surface area contributed by atoms with E-state index in [1.807, 2.05) is 41.3 Å². The number of nitrogens with zero attached hydrogens (tertiary/aromatic N) is 1. The van der Waals surface area contributed by atoms with Gasteiger partial charge in [-0.2, -0.15) is 0 Å². The quantitative estimate of drug-likeness (QED) is 0.874. The molecule has 3 N–H and O–H groups in total. The predicted molar refractivity (Wildman–Crippen MR) is 95.0 cm³/mol. The van der Waals surface area contributed by atoms with E-state index >= 15 is 0 Å². The van der Waals surface area contributed by atoms with E-state index in [-0.39, 0.29) is 11.9 Å². The maximum Gasteiger partial charge on any atom is 0.253 e. The van der Waals surface area contributed by atoms with Crippen molar-refractivity contribution in [2.45, 2.75) is 25.4 Å². The number of thiophene rings is 1. The number of rotatable bonds is 5. The molecule has 5 nitrogen and oxygen atoms in total. The zero-order chi connectivity index (χ0) is 16.9. The molecule has 1 aromatic heterocycles. The van der Waals surface area contributed by atoms with E-state index in [1.165, 1.54) is 11.3 Å². The number of carbonyl (C=O) groups is 2. The van der Waals surface area contributed by atoms with Crippen molar-refractivity contribution in [3.05, 3.63) is 57.8 Å². The molecule has 1 atom stereocenters. The molecule has 0 spiro atoms. The summed E-state index contributed by atoms with van der Waals surface area (Å²) in [6.45, 7) is 2.20. The van der Waals surface area contributed by atoms with Crippen LogP contribution in [0.2, 0.25) is 0 Å². The molecule has 0 saturated carbocycles. The molecule has 3 rings (SSSR count). The summed E-state index contributed by atoms with van der Waals surface area (Å²) in [6, 6.07) is 11.5. The molecule has 0 radical (unpaired) electrons. The molecular formula is C18H21N3O2S. The van der Waals surface area contributed by atoms with Crippen molar-refractivity contribution in [2.75, 3.05) is 13.1 Å². The molecule has 2 heterocycles. The van der Waals surface area contributed by atoms with Gasteiger partial charge in [-0.3, -0.25) is 9.59 Å². The van der Waals surface area contributed by atoms with Gasteiger partial charge in [-0.1, -0.05) is 18.2 Å². The Bertz CT molecular complexity index is 714. The van der Waals surface area contributed by atoms with Crippen LogP contribution in [0.25, 0.3) is 0 Å². The van der Waals surface area contributed by atoms with Gasteiger partial charge in [0.05, 0.1) is 5.56 Å². The van der Waals surface area contributed by atoms with Gasteiger partial charge in [0, 0.05) is 41.5 Å². The lowest BCUT2D eigenvalue weighted by atomic mass is 10.0. The zero-order valence-electron chi connectivity index (χ0n) is 13.4. The fraction of sp³-hybridized carbons (Fsp3) is 0.333. The van der Waals surface area contributed by atoms with E-state index in [1.54, 1.807) is 5.38 Å². The first-order chi connectivity index (χ1) is 11.6. The maximum absolute atomic E-state index is 12.5. The normalized spacial score (nSPS) is 17.7. The molecular weight excluding hydrogens is 322 g/mol. The van der Waals surface area contributed by atoms with E-state index < -0.39 is 5.91 Å². The van der Waals surface area contributed by atoms with E-state index in [0.717, 1.165) is 29.8 Å². The van der Waals surface area contributed by atoms with Crippen molar-refractivity contribution in [3.63, 3.8) is 0 Å². The van der Waals surface area contributed by atoms with Gasteiger partial charge in [0.25, 0.3) is 5.91 Å². The lowest BCUT2D eigenvalue weighted by Gasteiger charge is -2.33. The van der Waals surface area contributed by atoms with Gasteiger partial charge in [0.15, 0.2) is 0 Å². The highest BCUT2D eigenvalue weighted by Gasteiger charge is 2.24. The summed E-state index contributed by atoms with van der Waals surface area (Å²) in [6.07, 6.45) is 2.04. The number of primary amides is 1. The van der Waals surface area contributed by atoms with Crippen molar-refractivity contribution in [1.29, 1.82) is 0 Å². The van der Waals surface area contributed by atoms with E-state index in [0.29, 0.717) is 18.7 Å². The second-order valence-corrected chi connectivity index (χ2v) is 7.00. The van der Waals surface area contributed by atoms with E-state index in [9.17, 15) is 9.59 Å². The molecule has 2 aromatic rings. The topological polar surface area (TPSA) is 75.4 Å². The highest BCUT2D eigenvalue weighted by molar-refractivity contribution is 7.10. The van der Waals surface area contributed by atoms with Crippen molar-refractivity contribution < 1.29 is 9.59 Å². The average molecular weight is 343 g/mol. The average Bonchev–Trinajstić information content (AvgIpc) is 3.10. The number of amides is 2. The van der Waals surface area contributed by atoms with Gasteiger partial charge in [0.2, 0.25) is 5.91 Å². The van der Waals surface area contributed by atoms with E-state index in [4.69, 9.17) is 5.73 Å². The van der Waals surface area contributed by atoms with Crippen LogP contribution in [-0.4, -0.2) is 35.8 Å². The fourth-order valence-electron chi connectivity index (χ4n) is 2.94. The molecule has 1 aromatic carbocycles. The van der Waals surface area contributed by atoms with Crippen LogP contribution < -0.4 is 11.1 Å². The summed E-state index contributed by atoms with van der Waals surface area (Å²) in [4.78, 5) is 26.7. The third-order valence-corrected chi connectivity index (χ3v) is 5.17. The van der Waals surface area contributed by atoms with Crippen molar-refractivity contribution >= 4 is 23.2 Å².